The van der Waals surface area contributed by atoms with Crippen molar-refractivity contribution in [3.8, 4) is 11.5 Å². The van der Waals surface area contributed by atoms with Gasteiger partial charge in [-0.2, -0.15) is 0 Å². The van der Waals surface area contributed by atoms with E-state index in [1.807, 2.05) is 23.1 Å². The lowest BCUT2D eigenvalue weighted by molar-refractivity contribution is -0.139. The van der Waals surface area contributed by atoms with Crippen LogP contribution in [0.1, 0.15) is 31.4 Å². The van der Waals surface area contributed by atoms with Crippen LogP contribution in [0.25, 0.3) is 0 Å². The van der Waals surface area contributed by atoms with E-state index in [1.165, 1.54) is 12.8 Å². The largest absolute Gasteiger partial charge is 0.486 e. The van der Waals surface area contributed by atoms with E-state index in [0.29, 0.717) is 19.1 Å². The fourth-order valence-corrected chi connectivity index (χ4v) is 2.70. The minimum atomic E-state index is -0.778. The summed E-state index contributed by atoms with van der Waals surface area (Å²) in [6.45, 7) is 4.12. The van der Waals surface area contributed by atoms with Crippen molar-refractivity contribution in [3.63, 3.8) is 0 Å². The molecule has 114 valence electrons. The van der Waals surface area contributed by atoms with Crippen molar-refractivity contribution in [2.45, 2.75) is 25.8 Å². The van der Waals surface area contributed by atoms with Gasteiger partial charge in [-0.25, -0.2) is 0 Å². The van der Waals surface area contributed by atoms with E-state index in [1.54, 1.807) is 0 Å². The van der Waals surface area contributed by atoms with Gasteiger partial charge in [-0.05, 0) is 43.4 Å². The molecule has 0 spiro atoms. The SMILES string of the molecule is CC(c1ccc2c(c1)OCCO2)N(CC(=O)O)CC1CC1. The number of ether oxygens (including phenoxy) is 2. The van der Waals surface area contributed by atoms with Gasteiger partial charge in [0.15, 0.2) is 11.5 Å². The molecule has 2 aliphatic rings. The van der Waals surface area contributed by atoms with Gasteiger partial charge < -0.3 is 14.6 Å². The smallest absolute Gasteiger partial charge is 0.317 e. The summed E-state index contributed by atoms with van der Waals surface area (Å²) >= 11 is 0. The van der Waals surface area contributed by atoms with Gasteiger partial charge in [-0.15, -0.1) is 0 Å². The first kappa shape index (κ1) is 14.2. The molecule has 1 fully saturated rings. The topological polar surface area (TPSA) is 59.0 Å². The average Bonchev–Trinajstić information content (AvgIpc) is 3.29. The second-order valence-electron chi connectivity index (χ2n) is 5.85. The highest BCUT2D eigenvalue weighted by Crippen LogP contribution is 2.36. The van der Waals surface area contributed by atoms with Crippen LogP contribution < -0.4 is 9.47 Å². The summed E-state index contributed by atoms with van der Waals surface area (Å²) in [4.78, 5) is 13.1. The van der Waals surface area contributed by atoms with Gasteiger partial charge in [-0.1, -0.05) is 6.07 Å². The number of hydrogen-bond acceptors (Lipinski definition) is 4. The number of carboxylic acid groups (broad SMARTS) is 1. The van der Waals surface area contributed by atoms with Crippen molar-refractivity contribution in [2.24, 2.45) is 5.92 Å². The van der Waals surface area contributed by atoms with Crippen LogP contribution in [0.2, 0.25) is 0 Å². The van der Waals surface area contributed by atoms with Gasteiger partial charge in [0, 0.05) is 12.6 Å². The molecule has 0 radical (unpaired) electrons. The highest BCUT2D eigenvalue weighted by molar-refractivity contribution is 5.69. The molecule has 3 rings (SSSR count). The first-order valence-electron chi connectivity index (χ1n) is 7.49. The first-order chi connectivity index (χ1) is 10.1. The van der Waals surface area contributed by atoms with Gasteiger partial charge in [0.25, 0.3) is 0 Å². The molecule has 1 aliphatic heterocycles. The number of benzene rings is 1. The lowest BCUT2D eigenvalue weighted by Crippen LogP contribution is -2.34. The van der Waals surface area contributed by atoms with Gasteiger partial charge in [0.05, 0.1) is 6.54 Å². The molecule has 1 unspecified atom stereocenters. The summed E-state index contributed by atoms with van der Waals surface area (Å²) in [5, 5.41) is 9.12. The van der Waals surface area contributed by atoms with Gasteiger partial charge >= 0.3 is 5.97 Å². The van der Waals surface area contributed by atoms with Crippen LogP contribution in [0.15, 0.2) is 18.2 Å². The normalized spacial score (nSPS) is 18.6. The minimum absolute atomic E-state index is 0.0533. The maximum atomic E-state index is 11.1. The van der Waals surface area contributed by atoms with Gasteiger partial charge in [-0.3, -0.25) is 9.69 Å². The number of carbonyl (C=O) groups is 1. The Hall–Kier alpha value is -1.75. The zero-order chi connectivity index (χ0) is 14.8. The molecule has 5 heteroatoms. The van der Waals surface area contributed by atoms with E-state index in [2.05, 4.69) is 6.92 Å². The number of hydrogen-bond donors (Lipinski definition) is 1. The van der Waals surface area contributed by atoms with E-state index >= 15 is 0 Å². The highest BCUT2D eigenvalue weighted by atomic mass is 16.6. The van der Waals surface area contributed by atoms with E-state index in [4.69, 9.17) is 14.6 Å². The standard InChI is InChI=1S/C16H21NO4/c1-11(17(10-16(18)19)9-12-2-3-12)13-4-5-14-15(8-13)21-7-6-20-14/h4-5,8,11-12H,2-3,6-7,9-10H2,1H3,(H,18,19). The van der Waals surface area contributed by atoms with Gasteiger partial charge in [0.2, 0.25) is 0 Å². The second kappa shape index (κ2) is 5.93. The molecule has 1 saturated carbocycles. The molecule has 1 aliphatic carbocycles. The van der Waals surface area contributed by atoms with E-state index in [0.717, 1.165) is 23.6 Å². The fourth-order valence-electron chi connectivity index (χ4n) is 2.70. The zero-order valence-corrected chi connectivity index (χ0v) is 12.2. The molecule has 0 bridgehead atoms. The summed E-state index contributed by atoms with van der Waals surface area (Å²) in [7, 11) is 0. The third-order valence-corrected chi connectivity index (χ3v) is 4.12. The predicted octanol–water partition coefficient (Wildman–Crippen LogP) is 2.32. The lowest BCUT2D eigenvalue weighted by Gasteiger charge is -2.29. The third-order valence-electron chi connectivity index (χ3n) is 4.12. The summed E-state index contributed by atoms with van der Waals surface area (Å²) < 4.78 is 11.1. The molecule has 5 nitrogen and oxygen atoms in total. The Balaban J connectivity index is 1.77. The van der Waals surface area contributed by atoms with Crippen LogP contribution >= 0.6 is 0 Å². The Morgan fingerprint density at radius 3 is 2.71 bits per heavy atom. The van der Waals surface area contributed by atoms with Crippen molar-refractivity contribution < 1.29 is 19.4 Å². The molecule has 1 aromatic rings. The Morgan fingerprint density at radius 1 is 1.33 bits per heavy atom. The Bertz CT molecular complexity index is 527. The summed E-state index contributed by atoms with van der Waals surface area (Å²) in [6.07, 6.45) is 2.42. The first-order valence-corrected chi connectivity index (χ1v) is 7.49. The van der Waals surface area contributed by atoms with E-state index < -0.39 is 5.97 Å². The number of aliphatic carboxylic acids is 1. The van der Waals surface area contributed by atoms with Crippen LogP contribution in [-0.2, 0) is 4.79 Å². The van der Waals surface area contributed by atoms with Crippen molar-refractivity contribution in [3.05, 3.63) is 23.8 Å². The summed E-state index contributed by atoms with van der Waals surface area (Å²) in [6, 6.07) is 5.94. The van der Waals surface area contributed by atoms with Crippen LogP contribution in [-0.4, -0.2) is 42.3 Å². The number of rotatable bonds is 6. The molecule has 1 aromatic carbocycles. The number of carboxylic acids is 1. The van der Waals surface area contributed by atoms with Crippen molar-refractivity contribution in [1.29, 1.82) is 0 Å². The predicted molar refractivity (Wildman–Crippen MR) is 77.8 cm³/mol. The monoisotopic (exact) mass is 291 g/mol. The van der Waals surface area contributed by atoms with Crippen LogP contribution in [0.4, 0.5) is 0 Å². The van der Waals surface area contributed by atoms with Crippen molar-refractivity contribution in [1.82, 2.24) is 4.90 Å². The number of fused-ring (bicyclic) bond motifs is 1. The maximum Gasteiger partial charge on any atom is 0.317 e. The molecule has 0 aromatic heterocycles. The summed E-state index contributed by atoms with van der Waals surface area (Å²) in [5.74, 6) is 1.40. The average molecular weight is 291 g/mol. The van der Waals surface area contributed by atoms with Crippen LogP contribution in [0, 0.1) is 5.92 Å². The molecule has 1 atom stereocenters. The third kappa shape index (κ3) is 3.47. The molecule has 0 saturated heterocycles. The zero-order valence-electron chi connectivity index (χ0n) is 12.2. The molecule has 21 heavy (non-hydrogen) atoms. The molecular weight excluding hydrogens is 270 g/mol. The summed E-state index contributed by atoms with van der Waals surface area (Å²) in [5.41, 5.74) is 1.07. The van der Waals surface area contributed by atoms with Crippen LogP contribution in [0.5, 0.6) is 11.5 Å². The number of nitrogens with zero attached hydrogens (tertiary/aromatic N) is 1. The Kier molecular flexibility index (Phi) is 4.01. The lowest BCUT2D eigenvalue weighted by atomic mass is 10.1. The Labute approximate surface area is 124 Å². The second-order valence-corrected chi connectivity index (χ2v) is 5.85. The van der Waals surface area contributed by atoms with E-state index in [9.17, 15) is 4.79 Å². The van der Waals surface area contributed by atoms with E-state index in [-0.39, 0.29) is 12.6 Å². The quantitative estimate of drug-likeness (QED) is 0.871. The van der Waals surface area contributed by atoms with Gasteiger partial charge in [0.1, 0.15) is 13.2 Å². The minimum Gasteiger partial charge on any atom is -0.486 e. The molecule has 0 amide bonds. The molecular formula is C16H21NO4. The van der Waals surface area contributed by atoms with Crippen molar-refractivity contribution >= 4 is 5.97 Å². The highest BCUT2D eigenvalue weighted by Gasteiger charge is 2.28. The molecule has 1 heterocycles. The van der Waals surface area contributed by atoms with Crippen LogP contribution in [0.3, 0.4) is 0 Å². The Morgan fingerprint density at radius 2 is 2.05 bits per heavy atom. The maximum absolute atomic E-state index is 11.1. The van der Waals surface area contributed by atoms with Crippen molar-refractivity contribution in [2.75, 3.05) is 26.3 Å². The molecule has 1 N–H and O–H groups in total. The fraction of sp³-hybridized carbons (Fsp3) is 0.562.